The standard InChI is InChI=1S/C14H26NO/c16-15-14-12-10-8-6-4-2-1-3-5-7-9-11-13-14/h1-13H2. The van der Waals surface area contributed by atoms with Gasteiger partial charge in [-0.15, -0.1) is 5.21 Å². The fraction of sp³-hybridized carbons (Fsp3) is 0.929. The smallest absolute Gasteiger partial charge is 0.0624 e. The Balaban J connectivity index is 2.21. The lowest BCUT2D eigenvalue weighted by atomic mass is 10.0. The average Bonchev–Trinajstić information content (AvgIpc) is 2.32. The maximum atomic E-state index is 10.6. The molecule has 0 unspecified atom stereocenters. The van der Waals surface area contributed by atoms with Crippen LogP contribution in [0.25, 0.3) is 0 Å². The molecule has 2 heteroatoms. The lowest BCUT2D eigenvalue weighted by molar-refractivity contribution is 0.207. The van der Waals surface area contributed by atoms with Crippen LogP contribution in [-0.4, -0.2) is 5.71 Å². The van der Waals surface area contributed by atoms with Crippen molar-refractivity contribution in [3.63, 3.8) is 0 Å². The lowest BCUT2D eigenvalue weighted by Gasteiger charge is -2.06. The van der Waals surface area contributed by atoms with Gasteiger partial charge in [0.2, 0.25) is 0 Å². The Morgan fingerprint density at radius 1 is 0.562 bits per heavy atom. The highest BCUT2D eigenvalue weighted by Crippen LogP contribution is 2.15. The van der Waals surface area contributed by atoms with E-state index in [1.54, 1.807) is 0 Å². The van der Waals surface area contributed by atoms with Gasteiger partial charge in [0.15, 0.2) is 0 Å². The summed E-state index contributed by atoms with van der Waals surface area (Å²) in [7, 11) is 0. The summed E-state index contributed by atoms with van der Waals surface area (Å²) in [6.07, 6.45) is 16.5. The van der Waals surface area contributed by atoms with Gasteiger partial charge >= 0.3 is 0 Å². The molecular weight excluding hydrogens is 198 g/mol. The van der Waals surface area contributed by atoms with Crippen molar-refractivity contribution in [3.05, 3.63) is 0 Å². The van der Waals surface area contributed by atoms with Crippen LogP contribution in [0.3, 0.4) is 0 Å². The molecule has 0 saturated heterocycles. The molecule has 16 heavy (non-hydrogen) atoms. The van der Waals surface area contributed by atoms with E-state index in [0.717, 1.165) is 18.6 Å². The maximum absolute atomic E-state index is 10.6. The summed E-state index contributed by atoms with van der Waals surface area (Å²) in [5, 5.41) is 13.8. The molecule has 1 saturated carbocycles. The van der Waals surface area contributed by atoms with E-state index in [1.807, 2.05) is 0 Å². The van der Waals surface area contributed by atoms with Gasteiger partial charge < -0.3 is 0 Å². The first-order valence-corrected chi connectivity index (χ1v) is 7.11. The second-order valence-corrected chi connectivity index (χ2v) is 5.05. The Kier molecular flexibility index (Phi) is 8.19. The molecule has 1 rings (SSSR count). The lowest BCUT2D eigenvalue weighted by Crippen LogP contribution is -1.99. The summed E-state index contributed by atoms with van der Waals surface area (Å²) in [5.74, 6) is 0. The minimum absolute atomic E-state index is 0.914. The third-order valence-corrected chi connectivity index (χ3v) is 3.56. The van der Waals surface area contributed by atoms with Gasteiger partial charge in [-0.1, -0.05) is 57.8 Å². The zero-order chi connectivity index (χ0) is 11.5. The largest absolute Gasteiger partial charge is 0.145 e. The van der Waals surface area contributed by atoms with Gasteiger partial charge in [-0.2, -0.15) is 0 Å². The van der Waals surface area contributed by atoms with Gasteiger partial charge in [0, 0.05) is 0 Å². The zero-order valence-corrected chi connectivity index (χ0v) is 10.5. The summed E-state index contributed by atoms with van der Waals surface area (Å²) in [6.45, 7) is 0. The molecule has 93 valence electrons. The van der Waals surface area contributed by atoms with E-state index in [-0.39, 0.29) is 0 Å². The second kappa shape index (κ2) is 9.68. The highest BCUT2D eigenvalue weighted by molar-refractivity contribution is 5.83. The van der Waals surface area contributed by atoms with E-state index in [9.17, 15) is 5.21 Å². The zero-order valence-electron chi connectivity index (χ0n) is 10.5. The molecule has 1 aliphatic carbocycles. The molecule has 0 aromatic rings. The molecule has 0 amide bonds. The van der Waals surface area contributed by atoms with E-state index in [0.29, 0.717) is 0 Å². The molecule has 0 N–H and O–H groups in total. The van der Waals surface area contributed by atoms with Crippen molar-refractivity contribution in [2.24, 2.45) is 5.16 Å². The van der Waals surface area contributed by atoms with Gasteiger partial charge in [0.25, 0.3) is 0 Å². The fourth-order valence-corrected chi connectivity index (χ4v) is 2.47. The van der Waals surface area contributed by atoms with Crippen LogP contribution in [0.1, 0.15) is 83.5 Å². The number of hydrogen-bond donors (Lipinski definition) is 0. The van der Waals surface area contributed by atoms with Gasteiger partial charge in [-0.05, 0) is 30.8 Å². The van der Waals surface area contributed by atoms with E-state index in [2.05, 4.69) is 5.16 Å². The first-order chi connectivity index (χ1) is 7.93. The molecule has 0 bridgehead atoms. The molecule has 0 aromatic heterocycles. The quantitative estimate of drug-likeness (QED) is 0.526. The van der Waals surface area contributed by atoms with Crippen LogP contribution < -0.4 is 0 Å². The molecular formula is C14H26NO. The van der Waals surface area contributed by atoms with E-state index < -0.39 is 0 Å². The monoisotopic (exact) mass is 224 g/mol. The van der Waals surface area contributed by atoms with Crippen molar-refractivity contribution in [1.29, 1.82) is 0 Å². The SMILES string of the molecule is [O]N=C1CCCCCCCCCCCCC1. The third kappa shape index (κ3) is 6.86. The first-order valence-electron chi connectivity index (χ1n) is 7.11. The van der Waals surface area contributed by atoms with Crippen molar-refractivity contribution in [1.82, 2.24) is 0 Å². The predicted molar refractivity (Wildman–Crippen MR) is 68.1 cm³/mol. The average molecular weight is 224 g/mol. The number of rotatable bonds is 0. The van der Waals surface area contributed by atoms with Crippen LogP contribution in [0.2, 0.25) is 0 Å². The number of nitrogens with zero attached hydrogens (tertiary/aromatic N) is 1. The molecule has 0 aliphatic heterocycles. The van der Waals surface area contributed by atoms with Crippen molar-refractivity contribution in [2.75, 3.05) is 0 Å². The van der Waals surface area contributed by atoms with Crippen LogP contribution in [0.4, 0.5) is 0 Å². The summed E-state index contributed by atoms with van der Waals surface area (Å²) in [6, 6.07) is 0. The van der Waals surface area contributed by atoms with Crippen LogP contribution in [0, 0.1) is 0 Å². The summed E-state index contributed by atoms with van der Waals surface area (Å²) in [5.41, 5.74) is 0.914. The van der Waals surface area contributed by atoms with Crippen LogP contribution >= 0.6 is 0 Å². The van der Waals surface area contributed by atoms with E-state index >= 15 is 0 Å². The van der Waals surface area contributed by atoms with E-state index in [4.69, 9.17) is 0 Å². The first kappa shape index (κ1) is 13.5. The Labute approximate surface area is 100 Å². The van der Waals surface area contributed by atoms with Gasteiger partial charge in [-0.25, -0.2) is 0 Å². The Morgan fingerprint density at radius 3 is 1.19 bits per heavy atom. The molecule has 0 heterocycles. The highest BCUT2D eigenvalue weighted by Gasteiger charge is 2.02. The highest BCUT2D eigenvalue weighted by atomic mass is 16.4. The topological polar surface area (TPSA) is 32.3 Å². The Bertz CT molecular complexity index is 173. The van der Waals surface area contributed by atoms with Crippen LogP contribution in [0.5, 0.6) is 0 Å². The minimum Gasteiger partial charge on any atom is -0.145 e. The molecule has 0 aromatic carbocycles. The molecule has 2 nitrogen and oxygen atoms in total. The van der Waals surface area contributed by atoms with E-state index in [1.165, 1.54) is 70.6 Å². The van der Waals surface area contributed by atoms with Gasteiger partial charge in [0.1, 0.15) is 0 Å². The minimum atomic E-state index is 0.914. The molecule has 1 radical (unpaired) electrons. The summed E-state index contributed by atoms with van der Waals surface area (Å²) in [4.78, 5) is 0. The normalized spacial score (nSPS) is 22.4. The van der Waals surface area contributed by atoms with Crippen molar-refractivity contribution in [3.8, 4) is 0 Å². The van der Waals surface area contributed by atoms with Crippen LogP contribution in [0.15, 0.2) is 5.16 Å². The molecule has 1 aliphatic rings. The predicted octanol–water partition coefficient (Wildman–Crippen LogP) is 4.86. The maximum Gasteiger partial charge on any atom is 0.0624 e. The molecule has 1 fully saturated rings. The summed E-state index contributed by atoms with van der Waals surface area (Å²) < 4.78 is 0. The second-order valence-electron chi connectivity index (χ2n) is 5.05. The van der Waals surface area contributed by atoms with Gasteiger partial charge in [-0.3, -0.25) is 0 Å². The summed E-state index contributed by atoms with van der Waals surface area (Å²) >= 11 is 0. The Hall–Kier alpha value is -0.530. The Morgan fingerprint density at radius 2 is 0.875 bits per heavy atom. The van der Waals surface area contributed by atoms with Crippen LogP contribution in [-0.2, 0) is 5.21 Å². The van der Waals surface area contributed by atoms with Crippen molar-refractivity contribution < 1.29 is 5.21 Å². The molecule has 0 spiro atoms. The third-order valence-electron chi connectivity index (χ3n) is 3.56. The van der Waals surface area contributed by atoms with Gasteiger partial charge in [0.05, 0.1) is 5.71 Å². The fourth-order valence-electron chi connectivity index (χ4n) is 2.47. The van der Waals surface area contributed by atoms with Crippen molar-refractivity contribution >= 4 is 5.71 Å². The van der Waals surface area contributed by atoms with Crippen molar-refractivity contribution in [2.45, 2.75) is 83.5 Å². The number of hydrogen-bond acceptors (Lipinski definition) is 1. The molecule has 0 atom stereocenters.